The lowest BCUT2D eigenvalue weighted by Gasteiger charge is -2.29. The molecule has 1 aromatic carbocycles. The fraction of sp³-hybridized carbons (Fsp3) is 0.529. The summed E-state index contributed by atoms with van der Waals surface area (Å²) in [4.78, 5) is 14.2. The van der Waals surface area contributed by atoms with E-state index in [-0.39, 0.29) is 11.9 Å². The van der Waals surface area contributed by atoms with Crippen molar-refractivity contribution in [3.63, 3.8) is 0 Å². The first-order valence-electron chi connectivity index (χ1n) is 7.29. The summed E-state index contributed by atoms with van der Waals surface area (Å²) in [5.74, 6) is 0.751. The van der Waals surface area contributed by atoms with Gasteiger partial charge in [-0.25, -0.2) is 0 Å². The van der Waals surface area contributed by atoms with E-state index in [0.717, 1.165) is 12.0 Å². The van der Waals surface area contributed by atoms with Crippen molar-refractivity contribution < 1.29 is 4.79 Å². The molecule has 1 amide bonds. The van der Waals surface area contributed by atoms with Crippen LogP contribution in [-0.2, 0) is 4.79 Å². The lowest BCUT2D eigenvalue weighted by atomic mass is 10.0. The van der Waals surface area contributed by atoms with Crippen LogP contribution in [0.25, 0.3) is 0 Å². The van der Waals surface area contributed by atoms with E-state index in [1.165, 1.54) is 0 Å². The molecule has 0 aliphatic rings. The molecule has 108 valence electrons. The zero-order chi connectivity index (χ0) is 15.1. The van der Waals surface area contributed by atoms with Crippen molar-refractivity contribution in [1.82, 2.24) is 4.90 Å². The van der Waals surface area contributed by atoms with Crippen LogP contribution in [0.4, 0.5) is 0 Å². The molecule has 1 aromatic rings. The number of rotatable bonds is 6. The lowest BCUT2D eigenvalue weighted by Crippen LogP contribution is -2.33. The molecule has 0 N–H and O–H groups in total. The first-order chi connectivity index (χ1) is 9.49. The lowest BCUT2D eigenvalue weighted by molar-refractivity contribution is -0.133. The van der Waals surface area contributed by atoms with Gasteiger partial charge in [0.05, 0.1) is 17.7 Å². The first kappa shape index (κ1) is 16.2. The van der Waals surface area contributed by atoms with Crippen molar-refractivity contribution in [3.8, 4) is 6.07 Å². The minimum Gasteiger partial charge on any atom is -0.336 e. The van der Waals surface area contributed by atoms with Crippen molar-refractivity contribution in [3.05, 3.63) is 35.4 Å². The maximum atomic E-state index is 12.3. The molecule has 0 heterocycles. The molecule has 3 heteroatoms. The van der Waals surface area contributed by atoms with Crippen LogP contribution in [-0.4, -0.2) is 17.4 Å². The van der Waals surface area contributed by atoms with Gasteiger partial charge < -0.3 is 4.90 Å². The summed E-state index contributed by atoms with van der Waals surface area (Å²) in [6.45, 7) is 9.02. The molecule has 0 bridgehead atoms. The predicted octanol–water partition coefficient (Wildman–Crippen LogP) is 3.90. The third-order valence-electron chi connectivity index (χ3n) is 3.59. The Labute approximate surface area is 122 Å². The number of nitriles is 1. The highest BCUT2D eigenvalue weighted by atomic mass is 16.2. The molecule has 0 aromatic heterocycles. The standard InChI is InChI=1S/C17H24N2O/c1-5-19(17(20)11-6-13(2)3)14(4)16-9-7-15(12-18)8-10-16/h7-10,13-14H,5-6,11H2,1-4H3. The summed E-state index contributed by atoms with van der Waals surface area (Å²) in [5, 5.41) is 8.82. The van der Waals surface area contributed by atoms with Gasteiger partial charge in [0.1, 0.15) is 0 Å². The van der Waals surface area contributed by atoms with Gasteiger partial charge in [-0.1, -0.05) is 26.0 Å². The fourth-order valence-electron chi connectivity index (χ4n) is 2.24. The fourth-order valence-corrected chi connectivity index (χ4v) is 2.24. The molecular weight excluding hydrogens is 248 g/mol. The van der Waals surface area contributed by atoms with Crippen LogP contribution in [0.5, 0.6) is 0 Å². The van der Waals surface area contributed by atoms with Crippen molar-refractivity contribution in [2.24, 2.45) is 5.92 Å². The second-order valence-electron chi connectivity index (χ2n) is 5.52. The molecule has 0 saturated heterocycles. The molecule has 0 aliphatic heterocycles. The Balaban J connectivity index is 2.77. The van der Waals surface area contributed by atoms with E-state index < -0.39 is 0 Å². The molecular formula is C17H24N2O. The zero-order valence-electron chi connectivity index (χ0n) is 12.9. The molecule has 1 rings (SSSR count). The van der Waals surface area contributed by atoms with Gasteiger partial charge >= 0.3 is 0 Å². The van der Waals surface area contributed by atoms with E-state index in [2.05, 4.69) is 19.9 Å². The minimum absolute atomic E-state index is 0.0485. The van der Waals surface area contributed by atoms with Crippen LogP contribution >= 0.6 is 0 Å². The summed E-state index contributed by atoms with van der Waals surface area (Å²) in [6.07, 6.45) is 1.53. The van der Waals surface area contributed by atoms with Gasteiger partial charge in [0.15, 0.2) is 0 Å². The zero-order valence-corrected chi connectivity index (χ0v) is 12.9. The van der Waals surface area contributed by atoms with E-state index in [1.807, 2.05) is 30.9 Å². The number of amides is 1. The molecule has 1 unspecified atom stereocenters. The summed E-state index contributed by atoms with van der Waals surface area (Å²) in [6, 6.07) is 9.63. The smallest absolute Gasteiger partial charge is 0.223 e. The molecule has 0 fully saturated rings. The van der Waals surface area contributed by atoms with Crippen molar-refractivity contribution in [2.75, 3.05) is 6.54 Å². The SMILES string of the molecule is CCN(C(=O)CCC(C)C)C(C)c1ccc(C#N)cc1. The Morgan fingerprint density at radius 1 is 1.25 bits per heavy atom. The predicted molar refractivity (Wildman–Crippen MR) is 81.0 cm³/mol. The van der Waals surface area contributed by atoms with Crippen LogP contribution in [0.1, 0.15) is 57.7 Å². The van der Waals surface area contributed by atoms with Crippen molar-refractivity contribution in [2.45, 2.75) is 46.6 Å². The molecule has 20 heavy (non-hydrogen) atoms. The first-order valence-corrected chi connectivity index (χ1v) is 7.29. The summed E-state index contributed by atoms with van der Waals surface area (Å²) < 4.78 is 0. The topological polar surface area (TPSA) is 44.1 Å². The third-order valence-corrected chi connectivity index (χ3v) is 3.59. The largest absolute Gasteiger partial charge is 0.336 e. The van der Waals surface area contributed by atoms with E-state index in [0.29, 0.717) is 24.4 Å². The maximum Gasteiger partial charge on any atom is 0.223 e. The van der Waals surface area contributed by atoms with Crippen LogP contribution in [0.3, 0.4) is 0 Å². The Morgan fingerprint density at radius 3 is 2.30 bits per heavy atom. The van der Waals surface area contributed by atoms with Gasteiger partial charge in [-0.05, 0) is 43.9 Å². The Hall–Kier alpha value is -1.82. The van der Waals surface area contributed by atoms with E-state index in [9.17, 15) is 4.79 Å². The molecule has 0 aliphatic carbocycles. The quantitative estimate of drug-likeness (QED) is 0.788. The van der Waals surface area contributed by atoms with E-state index in [1.54, 1.807) is 12.1 Å². The second kappa shape index (κ2) is 7.69. The van der Waals surface area contributed by atoms with Crippen LogP contribution in [0.15, 0.2) is 24.3 Å². The number of hydrogen-bond acceptors (Lipinski definition) is 2. The van der Waals surface area contributed by atoms with Crippen LogP contribution in [0.2, 0.25) is 0 Å². The van der Waals surface area contributed by atoms with Gasteiger partial charge in [0.25, 0.3) is 0 Å². The number of carbonyl (C=O) groups is 1. The number of nitrogens with zero attached hydrogens (tertiary/aromatic N) is 2. The van der Waals surface area contributed by atoms with E-state index >= 15 is 0 Å². The maximum absolute atomic E-state index is 12.3. The molecule has 3 nitrogen and oxygen atoms in total. The number of benzene rings is 1. The Morgan fingerprint density at radius 2 is 1.85 bits per heavy atom. The average molecular weight is 272 g/mol. The Bertz CT molecular complexity index is 471. The van der Waals surface area contributed by atoms with Gasteiger partial charge in [-0.3, -0.25) is 4.79 Å². The number of carbonyl (C=O) groups excluding carboxylic acids is 1. The van der Waals surface area contributed by atoms with Gasteiger partial charge in [0, 0.05) is 13.0 Å². The van der Waals surface area contributed by atoms with E-state index in [4.69, 9.17) is 5.26 Å². The minimum atomic E-state index is 0.0485. The third kappa shape index (κ3) is 4.38. The summed E-state index contributed by atoms with van der Waals surface area (Å²) in [5.41, 5.74) is 1.72. The summed E-state index contributed by atoms with van der Waals surface area (Å²) in [7, 11) is 0. The molecule has 0 saturated carbocycles. The highest BCUT2D eigenvalue weighted by Crippen LogP contribution is 2.22. The normalized spacial score (nSPS) is 12.0. The molecule has 0 radical (unpaired) electrons. The van der Waals surface area contributed by atoms with Gasteiger partial charge in [-0.2, -0.15) is 5.26 Å². The van der Waals surface area contributed by atoms with Gasteiger partial charge in [-0.15, -0.1) is 0 Å². The number of hydrogen-bond donors (Lipinski definition) is 0. The van der Waals surface area contributed by atoms with Crippen LogP contribution < -0.4 is 0 Å². The molecule has 1 atom stereocenters. The summed E-state index contributed by atoms with van der Waals surface area (Å²) >= 11 is 0. The highest BCUT2D eigenvalue weighted by molar-refractivity contribution is 5.76. The van der Waals surface area contributed by atoms with Crippen LogP contribution in [0, 0.1) is 17.2 Å². The average Bonchev–Trinajstić information content (AvgIpc) is 2.45. The highest BCUT2D eigenvalue weighted by Gasteiger charge is 2.19. The second-order valence-corrected chi connectivity index (χ2v) is 5.52. The van der Waals surface area contributed by atoms with Crippen molar-refractivity contribution in [1.29, 1.82) is 5.26 Å². The molecule has 0 spiro atoms. The van der Waals surface area contributed by atoms with Gasteiger partial charge in [0.2, 0.25) is 5.91 Å². The van der Waals surface area contributed by atoms with Crippen molar-refractivity contribution >= 4 is 5.91 Å². The Kier molecular flexibility index (Phi) is 6.24. The monoisotopic (exact) mass is 272 g/mol.